The third-order valence-electron chi connectivity index (χ3n) is 4.20. The number of hydrogen-bond acceptors (Lipinski definition) is 4. The van der Waals surface area contributed by atoms with Gasteiger partial charge in [-0.2, -0.15) is 0 Å². The second-order valence-electron chi connectivity index (χ2n) is 5.40. The Labute approximate surface area is 119 Å². The summed E-state index contributed by atoms with van der Waals surface area (Å²) in [5.74, 6) is -0.718. The van der Waals surface area contributed by atoms with E-state index in [0.29, 0.717) is 26.1 Å². The number of likely N-dealkylation sites (tertiary alicyclic amines) is 2. The Morgan fingerprint density at radius 1 is 1.35 bits per heavy atom. The molecule has 6 nitrogen and oxygen atoms in total. The van der Waals surface area contributed by atoms with Gasteiger partial charge < -0.3 is 14.5 Å². The molecule has 0 spiro atoms. The van der Waals surface area contributed by atoms with Crippen molar-refractivity contribution in [1.29, 1.82) is 0 Å². The lowest BCUT2D eigenvalue weighted by Gasteiger charge is -2.35. The number of carbonyl (C=O) groups excluding carboxylic acids is 3. The molecule has 2 saturated heterocycles. The number of amides is 2. The molecule has 2 amide bonds. The van der Waals surface area contributed by atoms with E-state index in [1.165, 1.54) is 7.11 Å². The number of carbonyl (C=O) groups is 3. The molecule has 0 aromatic heterocycles. The van der Waals surface area contributed by atoms with Crippen molar-refractivity contribution in [2.45, 2.75) is 38.6 Å². The predicted molar refractivity (Wildman–Crippen MR) is 71.7 cm³/mol. The molecule has 2 aliphatic rings. The summed E-state index contributed by atoms with van der Waals surface area (Å²) >= 11 is 0. The first-order chi connectivity index (χ1) is 9.58. The summed E-state index contributed by atoms with van der Waals surface area (Å²) in [6.45, 7) is 3.58. The molecule has 6 heteroatoms. The van der Waals surface area contributed by atoms with Crippen LogP contribution < -0.4 is 0 Å². The van der Waals surface area contributed by atoms with E-state index in [1.807, 2.05) is 6.92 Å². The smallest absolute Gasteiger partial charge is 0.328 e. The third-order valence-corrected chi connectivity index (χ3v) is 4.20. The molecule has 112 valence electrons. The molecule has 0 radical (unpaired) electrons. The van der Waals surface area contributed by atoms with Crippen LogP contribution in [-0.2, 0) is 19.1 Å². The predicted octanol–water partition coefficient (Wildman–Crippen LogP) is 0.409. The zero-order valence-corrected chi connectivity index (χ0v) is 12.1. The highest BCUT2D eigenvalue weighted by molar-refractivity contribution is 5.91. The fraction of sp³-hybridized carbons (Fsp3) is 0.786. The number of rotatable bonds is 3. The minimum atomic E-state index is -0.480. The quantitative estimate of drug-likeness (QED) is 0.703. The van der Waals surface area contributed by atoms with Crippen molar-refractivity contribution in [2.75, 3.05) is 26.7 Å². The van der Waals surface area contributed by atoms with Gasteiger partial charge >= 0.3 is 5.97 Å². The molecular weight excluding hydrogens is 260 g/mol. The number of ether oxygens (including phenoxy) is 1. The van der Waals surface area contributed by atoms with Crippen LogP contribution >= 0.6 is 0 Å². The molecule has 0 saturated carbocycles. The normalized spacial score (nSPS) is 26.8. The Morgan fingerprint density at radius 3 is 2.70 bits per heavy atom. The lowest BCUT2D eigenvalue weighted by molar-refractivity contribution is -0.156. The summed E-state index contributed by atoms with van der Waals surface area (Å²) in [4.78, 5) is 39.4. The Balaban J connectivity index is 2.07. The number of piperidine rings is 1. The van der Waals surface area contributed by atoms with Crippen LogP contribution in [0.25, 0.3) is 0 Å². The van der Waals surface area contributed by atoms with Crippen LogP contribution in [0.3, 0.4) is 0 Å². The summed E-state index contributed by atoms with van der Waals surface area (Å²) < 4.78 is 4.79. The van der Waals surface area contributed by atoms with Crippen LogP contribution in [0.15, 0.2) is 0 Å². The van der Waals surface area contributed by atoms with Gasteiger partial charge in [0.05, 0.1) is 13.0 Å². The molecule has 0 N–H and O–H groups in total. The average molecular weight is 282 g/mol. The first-order valence-electron chi connectivity index (χ1n) is 7.24. The average Bonchev–Trinajstić information content (AvgIpc) is 2.86. The maximum Gasteiger partial charge on any atom is 0.328 e. The standard InChI is InChI=1S/C14H22N2O4/c1-3-15-9-10(8-12(15)17)13(18)16-7-5-4-6-11(16)14(19)20-2/h10-11H,3-9H2,1-2H3. The highest BCUT2D eigenvalue weighted by Crippen LogP contribution is 2.25. The van der Waals surface area contributed by atoms with Gasteiger partial charge in [-0.25, -0.2) is 4.79 Å². The molecular formula is C14H22N2O4. The summed E-state index contributed by atoms with van der Waals surface area (Å²) in [6, 6.07) is -0.480. The van der Waals surface area contributed by atoms with E-state index < -0.39 is 6.04 Å². The van der Waals surface area contributed by atoms with Crippen LogP contribution in [0.1, 0.15) is 32.6 Å². The molecule has 0 aliphatic carbocycles. The highest BCUT2D eigenvalue weighted by atomic mass is 16.5. The minimum Gasteiger partial charge on any atom is -0.467 e. The van der Waals surface area contributed by atoms with Crippen molar-refractivity contribution in [2.24, 2.45) is 5.92 Å². The van der Waals surface area contributed by atoms with Crippen LogP contribution in [0, 0.1) is 5.92 Å². The molecule has 0 bridgehead atoms. The van der Waals surface area contributed by atoms with Gasteiger partial charge in [0.2, 0.25) is 11.8 Å². The van der Waals surface area contributed by atoms with Gasteiger partial charge in [-0.1, -0.05) is 0 Å². The SMILES string of the molecule is CCN1CC(C(=O)N2CCCCC2C(=O)OC)CC1=O. The van der Waals surface area contributed by atoms with Crippen LogP contribution in [0.2, 0.25) is 0 Å². The molecule has 20 heavy (non-hydrogen) atoms. The minimum absolute atomic E-state index is 0.0254. The van der Waals surface area contributed by atoms with E-state index in [2.05, 4.69) is 0 Å². The number of nitrogens with zero attached hydrogens (tertiary/aromatic N) is 2. The van der Waals surface area contributed by atoms with Crippen LogP contribution in [0.5, 0.6) is 0 Å². The van der Waals surface area contributed by atoms with Gasteiger partial charge in [0.1, 0.15) is 6.04 Å². The Hall–Kier alpha value is -1.59. The second kappa shape index (κ2) is 6.24. The molecule has 0 aromatic carbocycles. The van der Waals surface area contributed by atoms with E-state index >= 15 is 0 Å². The molecule has 2 heterocycles. The van der Waals surface area contributed by atoms with E-state index in [1.54, 1.807) is 9.80 Å². The molecule has 2 unspecified atom stereocenters. The van der Waals surface area contributed by atoms with Gasteiger partial charge in [-0.3, -0.25) is 9.59 Å². The summed E-state index contributed by atoms with van der Waals surface area (Å²) in [5.41, 5.74) is 0. The Kier molecular flexibility index (Phi) is 4.62. The molecule has 2 fully saturated rings. The van der Waals surface area contributed by atoms with Gasteiger partial charge in [0.25, 0.3) is 0 Å². The summed E-state index contributed by atoms with van der Waals surface area (Å²) in [6.07, 6.45) is 2.74. The van der Waals surface area contributed by atoms with Crippen molar-refractivity contribution in [1.82, 2.24) is 9.80 Å². The van der Waals surface area contributed by atoms with Crippen molar-refractivity contribution in [3.63, 3.8) is 0 Å². The second-order valence-corrected chi connectivity index (χ2v) is 5.40. The van der Waals surface area contributed by atoms with Gasteiger partial charge in [-0.05, 0) is 26.2 Å². The number of esters is 1. The maximum absolute atomic E-state index is 12.6. The molecule has 0 aromatic rings. The fourth-order valence-corrected chi connectivity index (χ4v) is 3.05. The van der Waals surface area contributed by atoms with E-state index in [4.69, 9.17) is 4.74 Å². The lowest BCUT2D eigenvalue weighted by atomic mass is 9.98. The maximum atomic E-state index is 12.6. The van der Waals surface area contributed by atoms with E-state index in [9.17, 15) is 14.4 Å². The number of hydrogen-bond donors (Lipinski definition) is 0. The topological polar surface area (TPSA) is 66.9 Å². The first kappa shape index (κ1) is 14.8. The van der Waals surface area contributed by atoms with Crippen molar-refractivity contribution >= 4 is 17.8 Å². The van der Waals surface area contributed by atoms with E-state index in [-0.39, 0.29) is 30.1 Å². The zero-order chi connectivity index (χ0) is 14.7. The Morgan fingerprint density at radius 2 is 2.10 bits per heavy atom. The van der Waals surface area contributed by atoms with Crippen LogP contribution in [0.4, 0.5) is 0 Å². The summed E-state index contributed by atoms with van der Waals surface area (Å²) in [7, 11) is 1.34. The van der Waals surface area contributed by atoms with Gasteiger partial charge in [-0.15, -0.1) is 0 Å². The van der Waals surface area contributed by atoms with Gasteiger partial charge in [0.15, 0.2) is 0 Å². The van der Waals surface area contributed by atoms with Crippen LogP contribution in [-0.4, -0.2) is 60.4 Å². The lowest BCUT2D eigenvalue weighted by Crippen LogP contribution is -2.50. The van der Waals surface area contributed by atoms with Gasteiger partial charge in [0, 0.05) is 26.1 Å². The van der Waals surface area contributed by atoms with E-state index in [0.717, 1.165) is 12.8 Å². The van der Waals surface area contributed by atoms with Crippen molar-refractivity contribution < 1.29 is 19.1 Å². The fourth-order valence-electron chi connectivity index (χ4n) is 3.05. The largest absolute Gasteiger partial charge is 0.467 e. The monoisotopic (exact) mass is 282 g/mol. The first-order valence-corrected chi connectivity index (χ1v) is 7.24. The Bertz CT molecular complexity index is 410. The van der Waals surface area contributed by atoms with Crippen molar-refractivity contribution in [3.05, 3.63) is 0 Å². The molecule has 2 atom stereocenters. The highest BCUT2D eigenvalue weighted by Gasteiger charge is 2.40. The zero-order valence-electron chi connectivity index (χ0n) is 12.1. The number of methoxy groups -OCH3 is 1. The molecule has 2 aliphatic heterocycles. The summed E-state index contributed by atoms with van der Waals surface area (Å²) in [5, 5.41) is 0. The third kappa shape index (κ3) is 2.78. The van der Waals surface area contributed by atoms with Crippen molar-refractivity contribution in [3.8, 4) is 0 Å². The molecule has 2 rings (SSSR count).